The van der Waals surface area contributed by atoms with E-state index < -0.39 is 0 Å². The maximum atomic E-state index is 5.42. The maximum Gasteiger partial charge on any atom is 0.192 e. The molecule has 0 atom stereocenters. The van der Waals surface area contributed by atoms with Gasteiger partial charge in [-0.15, -0.1) is 0 Å². The first-order valence-electron chi connectivity index (χ1n) is 4.82. The van der Waals surface area contributed by atoms with Gasteiger partial charge in [0.05, 0.1) is 7.14 Å². The van der Waals surface area contributed by atoms with Crippen LogP contribution in [0.3, 0.4) is 0 Å². The van der Waals surface area contributed by atoms with E-state index in [1.165, 1.54) is 0 Å². The van der Waals surface area contributed by atoms with E-state index >= 15 is 0 Å². The average Bonchev–Trinajstić information content (AvgIpc) is 2.36. The number of benzene rings is 2. The highest BCUT2D eigenvalue weighted by atomic mass is 127. The summed E-state index contributed by atoms with van der Waals surface area (Å²) in [5, 5.41) is 0. The van der Waals surface area contributed by atoms with Crippen LogP contribution in [0.1, 0.15) is 0 Å². The van der Waals surface area contributed by atoms with Crippen LogP contribution < -0.4 is 9.78 Å². The Hall–Kier alpha value is 0.960. The fourth-order valence-corrected chi connectivity index (χ4v) is 3.03. The second-order valence-electron chi connectivity index (χ2n) is 3.27. The van der Waals surface area contributed by atoms with Gasteiger partial charge in [0.25, 0.3) is 0 Å². The van der Waals surface area contributed by atoms with Crippen molar-refractivity contribution >= 4 is 90.4 Å². The Morgan fingerprint density at radius 1 is 0.611 bits per heavy atom. The molecule has 0 saturated heterocycles. The molecule has 0 aliphatic rings. The molecule has 0 radical (unpaired) electrons. The van der Waals surface area contributed by atoms with E-state index in [-0.39, 0.29) is 0 Å². The van der Waals surface area contributed by atoms with E-state index in [9.17, 15) is 0 Å². The normalized spacial score (nSPS) is 10.2. The second-order valence-corrected chi connectivity index (χ2v) is 7.75. The van der Waals surface area contributed by atoms with Gasteiger partial charge in [-0.2, -0.15) is 0 Å². The van der Waals surface area contributed by atoms with Crippen LogP contribution in [0.15, 0.2) is 36.4 Å². The third kappa shape index (κ3) is 3.75. The monoisotopic (exact) mass is 690 g/mol. The maximum absolute atomic E-state index is 5.42. The van der Waals surface area contributed by atoms with Crippen LogP contribution >= 0.6 is 90.4 Å². The lowest BCUT2D eigenvalue weighted by Crippen LogP contribution is -2.04. The molecule has 0 spiro atoms. The molecule has 6 heteroatoms. The summed E-state index contributed by atoms with van der Waals surface area (Å²) in [6.45, 7) is 0. The van der Waals surface area contributed by atoms with E-state index in [1.54, 1.807) is 0 Å². The molecule has 0 N–H and O–H groups in total. The van der Waals surface area contributed by atoms with Gasteiger partial charge in [0, 0.05) is 7.14 Å². The van der Waals surface area contributed by atoms with Crippen LogP contribution in [0.2, 0.25) is 0 Å². The number of halogens is 4. The van der Waals surface area contributed by atoms with Crippen molar-refractivity contribution in [3.63, 3.8) is 0 Å². The summed E-state index contributed by atoms with van der Waals surface area (Å²) in [6.07, 6.45) is 0. The Bertz CT molecular complexity index is 520. The Kier molecular flexibility index (Phi) is 6.06. The summed E-state index contributed by atoms with van der Waals surface area (Å²) in [5.74, 6) is 1.47. The topological polar surface area (TPSA) is 18.5 Å². The number of rotatable bonds is 3. The Labute approximate surface area is 160 Å². The highest BCUT2D eigenvalue weighted by molar-refractivity contribution is 14.1. The zero-order chi connectivity index (χ0) is 13.1. The first kappa shape index (κ1) is 15.4. The van der Waals surface area contributed by atoms with Gasteiger partial charge in [0.15, 0.2) is 11.5 Å². The summed E-state index contributed by atoms with van der Waals surface area (Å²) in [4.78, 5) is 10.8. The highest BCUT2D eigenvalue weighted by Crippen LogP contribution is 2.29. The molecule has 0 aromatic heterocycles. The van der Waals surface area contributed by atoms with Crippen LogP contribution in [0.4, 0.5) is 0 Å². The molecule has 18 heavy (non-hydrogen) atoms. The predicted octanol–water partition coefficient (Wildman–Crippen LogP) is 5.48. The Balaban J connectivity index is 2.17. The molecule has 94 valence electrons. The van der Waals surface area contributed by atoms with Gasteiger partial charge >= 0.3 is 0 Å². The fourth-order valence-electron chi connectivity index (χ4n) is 1.19. The highest BCUT2D eigenvalue weighted by Gasteiger charge is 2.09. The minimum atomic E-state index is 0.733. The SMILES string of the molecule is Ic1cccc(OOc2cccc(I)c2I)c1I. The molecule has 2 aromatic rings. The molecule has 0 saturated carbocycles. The summed E-state index contributed by atoms with van der Waals surface area (Å²) < 4.78 is 4.39. The predicted molar refractivity (Wildman–Crippen MR) is 105 cm³/mol. The third-order valence-corrected chi connectivity index (χ3v) is 8.14. The molecule has 0 aliphatic heterocycles. The molecule has 0 aliphatic carbocycles. The first-order valence-corrected chi connectivity index (χ1v) is 9.13. The van der Waals surface area contributed by atoms with Gasteiger partial charge in [-0.05, 0) is 115 Å². The molecular weight excluding hydrogens is 684 g/mol. The standard InChI is InChI=1S/C12H6I4O2/c13-7-3-1-5-9(11(7)15)17-18-10-6-2-4-8(14)12(10)16/h1-6H. The average molecular weight is 690 g/mol. The third-order valence-electron chi connectivity index (χ3n) is 2.05. The lowest BCUT2D eigenvalue weighted by Gasteiger charge is -2.10. The van der Waals surface area contributed by atoms with Crippen LogP contribution in [0.25, 0.3) is 0 Å². The van der Waals surface area contributed by atoms with Crippen molar-refractivity contribution in [3.05, 3.63) is 50.7 Å². The molecule has 2 rings (SSSR count). The smallest absolute Gasteiger partial charge is 0.192 e. The lowest BCUT2D eigenvalue weighted by atomic mass is 10.3. The van der Waals surface area contributed by atoms with Crippen molar-refractivity contribution in [1.29, 1.82) is 0 Å². The second kappa shape index (κ2) is 7.11. The molecule has 0 heterocycles. The van der Waals surface area contributed by atoms with Gasteiger partial charge in [-0.1, -0.05) is 12.1 Å². The van der Waals surface area contributed by atoms with Gasteiger partial charge in [0.2, 0.25) is 0 Å². The van der Waals surface area contributed by atoms with Gasteiger partial charge in [-0.3, -0.25) is 9.78 Å². The van der Waals surface area contributed by atoms with Crippen LogP contribution in [-0.4, -0.2) is 0 Å². The molecule has 0 fully saturated rings. The van der Waals surface area contributed by atoms with E-state index in [0.29, 0.717) is 0 Å². The quantitative estimate of drug-likeness (QED) is 0.242. The summed E-state index contributed by atoms with van der Waals surface area (Å²) >= 11 is 9.04. The Morgan fingerprint density at radius 3 is 1.39 bits per heavy atom. The molecular formula is C12H6I4O2. The zero-order valence-corrected chi connectivity index (χ0v) is 17.4. The van der Waals surface area contributed by atoms with Crippen molar-refractivity contribution in [2.45, 2.75) is 0 Å². The molecule has 2 nitrogen and oxygen atoms in total. The Morgan fingerprint density at radius 2 is 1.00 bits per heavy atom. The van der Waals surface area contributed by atoms with Gasteiger partial charge in [-0.25, -0.2) is 0 Å². The fraction of sp³-hybridized carbons (Fsp3) is 0. The summed E-state index contributed by atoms with van der Waals surface area (Å²) in [5.41, 5.74) is 0. The first-order chi connectivity index (χ1) is 8.59. The van der Waals surface area contributed by atoms with Crippen molar-refractivity contribution < 1.29 is 9.78 Å². The van der Waals surface area contributed by atoms with E-state index in [1.807, 2.05) is 36.4 Å². The molecule has 0 amide bonds. The van der Waals surface area contributed by atoms with Crippen molar-refractivity contribution in [3.8, 4) is 11.5 Å². The minimum absolute atomic E-state index is 0.733. The summed E-state index contributed by atoms with van der Waals surface area (Å²) in [7, 11) is 0. The van der Waals surface area contributed by atoms with E-state index in [0.717, 1.165) is 25.8 Å². The largest absolute Gasteiger partial charge is 0.289 e. The van der Waals surface area contributed by atoms with Crippen molar-refractivity contribution in [2.24, 2.45) is 0 Å². The molecule has 0 unspecified atom stereocenters. The van der Waals surface area contributed by atoms with E-state index in [2.05, 4.69) is 90.4 Å². The number of hydrogen-bond acceptors (Lipinski definition) is 2. The zero-order valence-electron chi connectivity index (χ0n) is 8.79. The minimum Gasteiger partial charge on any atom is -0.289 e. The summed E-state index contributed by atoms with van der Waals surface area (Å²) in [6, 6.07) is 11.7. The van der Waals surface area contributed by atoms with Crippen molar-refractivity contribution in [1.82, 2.24) is 0 Å². The number of hydrogen-bond donors (Lipinski definition) is 0. The van der Waals surface area contributed by atoms with Gasteiger partial charge in [0.1, 0.15) is 0 Å². The lowest BCUT2D eigenvalue weighted by molar-refractivity contribution is -0.102. The van der Waals surface area contributed by atoms with Gasteiger partial charge < -0.3 is 0 Å². The van der Waals surface area contributed by atoms with Crippen molar-refractivity contribution in [2.75, 3.05) is 0 Å². The van der Waals surface area contributed by atoms with Crippen LogP contribution in [-0.2, 0) is 0 Å². The van der Waals surface area contributed by atoms with Crippen LogP contribution in [0.5, 0.6) is 11.5 Å². The van der Waals surface area contributed by atoms with E-state index in [4.69, 9.17) is 9.78 Å². The molecule has 0 bridgehead atoms. The van der Waals surface area contributed by atoms with Crippen LogP contribution in [0, 0.1) is 14.3 Å². The molecule has 2 aromatic carbocycles.